The monoisotopic (exact) mass is 323 g/mol. The van der Waals surface area contributed by atoms with Gasteiger partial charge in [-0.2, -0.15) is 0 Å². The summed E-state index contributed by atoms with van der Waals surface area (Å²) in [7, 11) is 0. The van der Waals surface area contributed by atoms with Crippen molar-refractivity contribution in [3.63, 3.8) is 0 Å². The maximum Gasteiger partial charge on any atom is 0.178 e. The summed E-state index contributed by atoms with van der Waals surface area (Å²) in [5.41, 5.74) is 3.25. The Balaban J connectivity index is 0.000000815. The highest BCUT2D eigenvalue weighted by atomic mass is 19.1. The molecule has 24 heavy (non-hydrogen) atoms. The first-order valence-electron chi connectivity index (χ1n) is 7.92. The number of aromatic nitrogens is 3. The van der Waals surface area contributed by atoms with E-state index < -0.39 is 0 Å². The number of hydrogen-bond acceptors (Lipinski definition) is 3. The van der Waals surface area contributed by atoms with E-state index in [0.29, 0.717) is 17.9 Å². The Hall–Kier alpha value is -2.95. The van der Waals surface area contributed by atoms with Gasteiger partial charge >= 0.3 is 0 Å². The van der Waals surface area contributed by atoms with Crippen molar-refractivity contribution in [3.05, 3.63) is 66.6 Å². The van der Waals surface area contributed by atoms with Crippen molar-refractivity contribution in [1.29, 1.82) is 0 Å². The van der Waals surface area contributed by atoms with Crippen molar-refractivity contribution in [2.24, 2.45) is 0 Å². The Bertz CT molecular complexity index is 917. The van der Waals surface area contributed by atoms with Gasteiger partial charge in [0.15, 0.2) is 5.65 Å². The first-order valence-corrected chi connectivity index (χ1v) is 7.92. The normalized spacial score (nSPS) is 13.8. The molecule has 0 unspecified atom stereocenters. The summed E-state index contributed by atoms with van der Waals surface area (Å²) in [5, 5.41) is 0. The molecule has 1 aliphatic rings. The number of nitrogens with zero attached hydrogens (tertiary/aromatic N) is 2. The smallest absolute Gasteiger partial charge is 0.178 e. The summed E-state index contributed by atoms with van der Waals surface area (Å²) in [5.74, 6) is 1.20. The maximum absolute atomic E-state index is 13.2. The van der Waals surface area contributed by atoms with Gasteiger partial charge in [0.05, 0.1) is 11.8 Å². The number of H-pyrrole nitrogens is 1. The number of imidazole rings is 1. The quantitative estimate of drug-likeness (QED) is 0.683. The highest BCUT2D eigenvalue weighted by molar-refractivity contribution is 5.80. The van der Waals surface area contributed by atoms with E-state index in [2.05, 4.69) is 15.0 Å². The van der Waals surface area contributed by atoms with Gasteiger partial charge in [0.25, 0.3) is 0 Å². The molecule has 0 radical (unpaired) electrons. The molecule has 0 spiro atoms. The van der Waals surface area contributed by atoms with Crippen molar-refractivity contribution in [2.45, 2.75) is 20.3 Å². The van der Waals surface area contributed by atoms with E-state index in [0.717, 1.165) is 22.4 Å². The number of nitrogens with one attached hydrogen (secondary N) is 1. The SMILES string of the molecule is CC.FC1=CC=C(c2nc3ncc(-c4ccco4)cc3[nH]2)CC=C1. The lowest BCUT2D eigenvalue weighted by Crippen LogP contribution is -1.85. The first-order chi connectivity index (χ1) is 11.8. The molecule has 1 N–H and O–H groups in total. The topological polar surface area (TPSA) is 54.7 Å². The van der Waals surface area contributed by atoms with Crippen LogP contribution in [0.1, 0.15) is 26.1 Å². The molecule has 0 aliphatic heterocycles. The van der Waals surface area contributed by atoms with Crippen molar-refractivity contribution >= 4 is 16.7 Å². The van der Waals surface area contributed by atoms with Crippen molar-refractivity contribution in [2.75, 3.05) is 0 Å². The lowest BCUT2D eigenvalue weighted by Gasteiger charge is -1.97. The first kappa shape index (κ1) is 15.9. The predicted octanol–water partition coefficient (Wildman–Crippen LogP) is 5.44. The van der Waals surface area contributed by atoms with Crippen LogP contribution < -0.4 is 0 Å². The largest absolute Gasteiger partial charge is 0.464 e. The molecule has 0 fully saturated rings. The highest BCUT2D eigenvalue weighted by Crippen LogP contribution is 2.25. The third kappa shape index (κ3) is 3.20. The summed E-state index contributed by atoms with van der Waals surface area (Å²) < 4.78 is 18.6. The van der Waals surface area contributed by atoms with E-state index in [9.17, 15) is 4.39 Å². The van der Waals surface area contributed by atoms with Crippen LogP contribution in [0.4, 0.5) is 4.39 Å². The minimum absolute atomic E-state index is 0.260. The molecule has 0 amide bonds. The summed E-state index contributed by atoms with van der Waals surface area (Å²) in [6, 6.07) is 5.66. The Morgan fingerprint density at radius 1 is 1.25 bits per heavy atom. The molecule has 5 heteroatoms. The fourth-order valence-electron chi connectivity index (χ4n) is 2.41. The van der Waals surface area contributed by atoms with Crippen LogP contribution in [0.3, 0.4) is 0 Å². The molecule has 0 atom stereocenters. The molecule has 4 nitrogen and oxygen atoms in total. The average Bonchev–Trinajstić information content (AvgIpc) is 3.24. The van der Waals surface area contributed by atoms with Crippen LogP contribution in [-0.2, 0) is 0 Å². The van der Waals surface area contributed by atoms with E-state index in [1.807, 2.05) is 32.0 Å². The van der Waals surface area contributed by atoms with E-state index in [1.54, 1.807) is 24.6 Å². The number of rotatable bonds is 2. The second kappa shape index (κ2) is 7.08. The molecule has 0 saturated carbocycles. The van der Waals surface area contributed by atoms with Gasteiger partial charge in [-0.1, -0.05) is 26.0 Å². The fraction of sp³-hybridized carbons (Fsp3) is 0.158. The summed E-state index contributed by atoms with van der Waals surface area (Å²) >= 11 is 0. The van der Waals surface area contributed by atoms with Gasteiger partial charge in [-0.05, 0) is 42.3 Å². The van der Waals surface area contributed by atoms with E-state index in [4.69, 9.17) is 4.42 Å². The predicted molar refractivity (Wildman–Crippen MR) is 93.9 cm³/mol. The van der Waals surface area contributed by atoms with Crippen LogP contribution in [0.2, 0.25) is 0 Å². The number of pyridine rings is 1. The fourth-order valence-corrected chi connectivity index (χ4v) is 2.41. The van der Waals surface area contributed by atoms with Crippen LogP contribution in [0.25, 0.3) is 28.1 Å². The second-order valence-corrected chi connectivity index (χ2v) is 5.01. The maximum atomic E-state index is 13.2. The molecular formula is C19H18FN3O. The molecule has 4 rings (SSSR count). The van der Waals surface area contributed by atoms with E-state index in [-0.39, 0.29) is 5.83 Å². The van der Waals surface area contributed by atoms with Gasteiger partial charge in [0.2, 0.25) is 0 Å². The van der Waals surface area contributed by atoms with Gasteiger partial charge in [-0.15, -0.1) is 0 Å². The number of furan rings is 1. The molecule has 0 saturated heterocycles. The second-order valence-electron chi connectivity index (χ2n) is 5.01. The molecule has 3 heterocycles. The zero-order chi connectivity index (χ0) is 16.9. The van der Waals surface area contributed by atoms with Crippen molar-refractivity contribution < 1.29 is 8.81 Å². The molecule has 122 valence electrons. The van der Waals surface area contributed by atoms with Gasteiger partial charge < -0.3 is 9.40 Å². The Kier molecular flexibility index (Phi) is 4.70. The number of hydrogen-bond donors (Lipinski definition) is 1. The summed E-state index contributed by atoms with van der Waals surface area (Å²) in [6.45, 7) is 4.00. The molecule has 3 aromatic heterocycles. The zero-order valence-electron chi connectivity index (χ0n) is 13.6. The summed E-state index contributed by atoms with van der Waals surface area (Å²) in [4.78, 5) is 12.1. The zero-order valence-corrected chi connectivity index (χ0v) is 13.6. The van der Waals surface area contributed by atoms with Gasteiger partial charge in [-0.25, -0.2) is 14.4 Å². The van der Waals surface area contributed by atoms with Crippen LogP contribution in [0.15, 0.2) is 65.2 Å². The van der Waals surface area contributed by atoms with Gasteiger partial charge in [-0.3, -0.25) is 0 Å². The average molecular weight is 323 g/mol. The Morgan fingerprint density at radius 3 is 2.92 bits per heavy atom. The standard InChI is InChI=1S/C17H12FN3O.C2H6/c18-13-4-1-3-11(6-7-13)16-20-14-9-12(10-19-17(14)21-16)15-5-2-8-22-15;1-2/h1-2,4-10H,3H2,(H,19,20,21);1-2H3. The number of allylic oxidation sites excluding steroid dienone is 6. The van der Waals surface area contributed by atoms with Crippen LogP contribution in [0.5, 0.6) is 0 Å². The van der Waals surface area contributed by atoms with Crippen LogP contribution >= 0.6 is 0 Å². The molecule has 1 aliphatic carbocycles. The lowest BCUT2D eigenvalue weighted by atomic mass is 10.2. The molecule has 0 bridgehead atoms. The van der Waals surface area contributed by atoms with Crippen molar-refractivity contribution in [3.8, 4) is 11.3 Å². The minimum Gasteiger partial charge on any atom is -0.464 e. The van der Waals surface area contributed by atoms with Crippen LogP contribution in [-0.4, -0.2) is 15.0 Å². The van der Waals surface area contributed by atoms with Crippen molar-refractivity contribution in [1.82, 2.24) is 15.0 Å². The lowest BCUT2D eigenvalue weighted by molar-refractivity contribution is 0.582. The third-order valence-electron chi connectivity index (χ3n) is 3.51. The third-order valence-corrected chi connectivity index (χ3v) is 3.51. The van der Waals surface area contributed by atoms with E-state index in [1.165, 1.54) is 12.2 Å². The highest BCUT2D eigenvalue weighted by Gasteiger charge is 2.11. The molecule has 3 aromatic rings. The van der Waals surface area contributed by atoms with Crippen LogP contribution in [0, 0.1) is 0 Å². The number of aromatic amines is 1. The number of fused-ring (bicyclic) bond motifs is 1. The van der Waals surface area contributed by atoms with Gasteiger partial charge in [0.1, 0.15) is 17.4 Å². The summed E-state index contributed by atoms with van der Waals surface area (Å²) in [6.07, 6.45) is 10.4. The molecule has 0 aromatic carbocycles. The Labute approximate surface area is 139 Å². The van der Waals surface area contributed by atoms with Gasteiger partial charge in [0, 0.05) is 11.8 Å². The molecular weight excluding hydrogens is 305 g/mol. The van der Waals surface area contributed by atoms with E-state index >= 15 is 0 Å². The number of halogens is 1. The Morgan fingerprint density at radius 2 is 2.12 bits per heavy atom. The minimum atomic E-state index is -0.260.